The van der Waals surface area contributed by atoms with Gasteiger partial charge in [0.15, 0.2) is 0 Å². The Morgan fingerprint density at radius 1 is 1.35 bits per heavy atom. The zero-order chi connectivity index (χ0) is 18.7. The summed E-state index contributed by atoms with van der Waals surface area (Å²) in [6.45, 7) is 4.15. The molecule has 1 unspecified atom stereocenters. The zero-order valence-electron chi connectivity index (χ0n) is 14.9. The minimum absolute atomic E-state index is 0.0636. The molecule has 2 aromatic rings. The highest BCUT2D eigenvalue weighted by molar-refractivity contribution is 7.89. The third-order valence-electron chi connectivity index (χ3n) is 4.74. The molecule has 1 fully saturated rings. The molecule has 1 aliphatic rings. The van der Waals surface area contributed by atoms with Gasteiger partial charge in [-0.25, -0.2) is 13.4 Å². The van der Waals surface area contributed by atoms with Crippen LogP contribution in [0.5, 0.6) is 0 Å². The van der Waals surface area contributed by atoms with Gasteiger partial charge in [-0.15, -0.1) is 0 Å². The second kappa shape index (κ2) is 7.58. The first-order valence-electron chi connectivity index (χ1n) is 8.48. The van der Waals surface area contributed by atoms with Crippen LogP contribution in [0.3, 0.4) is 0 Å². The Morgan fingerprint density at radius 3 is 2.73 bits per heavy atom. The van der Waals surface area contributed by atoms with E-state index in [1.165, 1.54) is 28.6 Å². The van der Waals surface area contributed by atoms with Crippen LogP contribution in [-0.4, -0.2) is 49.1 Å². The fraction of sp³-hybridized carbons (Fsp3) is 0.444. The standard InChI is InChI=1S/C18H22N4O3S/c1-14-12-20-18(22(14)9-10-25-2)16-7-8-21(13-16)26(23,24)17-5-3-15(11-19)4-6-17/h3-6,12,16H,7-10,13H2,1-2H3. The minimum Gasteiger partial charge on any atom is -0.383 e. The summed E-state index contributed by atoms with van der Waals surface area (Å²) in [6.07, 6.45) is 2.56. The molecular formula is C18H22N4O3S. The normalized spacial score (nSPS) is 18.1. The van der Waals surface area contributed by atoms with E-state index in [0.29, 0.717) is 31.8 Å². The van der Waals surface area contributed by atoms with Crippen molar-refractivity contribution in [2.45, 2.75) is 30.7 Å². The van der Waals surface area contributed by atoms with Crippen molar-refractivity contribution in [1.82, 2.24) is 13.9 Å². The number of hydrogen-bond acceptors (Lipinski definition) is 5. The molecular weight excluding hydrogens is 352 g/mol. The molecule has 1 aromatic heterocycles. The van der Waals surface area contributed by atoms with Crippen LogP contribution in [0.1, 0.15) is 29.4 Å². The van der Waals surface area contributed by atoms with Crippen molar-refractivity contribution in [2.24, 2.45) is 0 Å². The number of hydrogen-bond donors (Lipinski definition) is 0. The van der Waals surface area contributed by atoms with Gasteiger partial charge in [-0.3, -0.25) is 0 Å². The average molecular weight is 374 g/mol. The Labute approximate surface area is 153 Å². The van der Waals surface area contributed by atoms with Gasteiger partial charge in [0.1, 0.15) is 5.82 Å². The van der Waals surface area contributed by atoms with E-state index in [0.717, 1.165) is 17.9 Å². The van der Waals surface area contributed by atoms with Gasteiger partial charge in [0, 0.05) is 44.6 Å². The number of aromatic nitrogens is 2. The molecule has 26 heavy (non-hydrogen) atoms. The van der Waals surface area contributed by atoms with Crippen molar-refractivity contribution >= 4 is 10.0 Å². The first kappa shape index (κ1) is 18.6. The molecule has 3 rings (SSSR count). The SMILES string of the molecule is COCCn1c(C)cnc1C1CCN(S(=O)(=O)c2ccc(C#N)cc2)C1. The highest BCUT2D eigenvalue weighted by atomic mass is 32.2. The fourth-order valence-corrected chi connectivity index (χ4v) is 4.79. The van der Waals surface area contributed by atoms with Crippen LogP contribution in [0, 0.1) is 18.3 Å². The number of nitriles is 1. The van der Waals surface area contributed by atoms with Crippen molar-refractivity contribution < 1.29 is 13.2 Å². The molecule has 1 saturated heterocycles. The van der Waals surface area contributed by atoms with Gasteiger partial charge in [-0.1, -0.05) is 0 Å². The topological polar surface area (TPSA) is 88.2 Å². The molecule has 1 atom stereocenters. The maximum absolute atomic E-state index is 12.9. The molecule has 0 saturated carbocycles. The molecule has 0 amide bonds. The fourth-order valence-electron chi connectivity index (χ4n) is 3.29. The molecule has 138 valence electrons. The van der Waals surface area contributed by atoms with Gasteiger partial charge in [-0.05, 0) is 37.6 Å². The van der Waals surface area contributed by atoms with Crippen LogP contribution < -0.4 is 0 Å². The largest absolute Gasteiger partial charge is 0.383 e. The quantitative estimate of drug-likeness (QED) is 0.770. The van der Waals surface area contributed by atoms with E-state index < -0.39 is 10.0 Å². The summed E-state index contributed by atoms with van der Waals surface area (Å²) >= 11 is 0. The number of ether oxygens (including phenoxy) is 1. The van der Waals surface area contributed by atoms with Gasteiger partial charge in [-0.2, -0.15) is 9.57 Å². The molecule has 7 nitrogen and oxygen atoms in total. The van der Waals surface area contributed by atoms with E-state index >= 15 is 0 Å². The number of rotatable bonds is 6. The van der Waals surface area contributed by atoms with Crippen LogP contribution in [0.25, 0.3) is 0 Å². The lowest BCUT2D eigenvalue weighted by atomic mass is 10.1. The molecule has 2 heterocycles. The third-order valence-corrected chi connectivity index (χ3v) is 6.62. The Kier molecular flexibility index (Phi) is 5.41. The van der Waals surface area contributed by atoms with Gasteiger partial charge < -0.3 is 9.30 Å². The summed E-state index contributed by atoms with van der Waals surface area (Å²) in [5.74, 6) is 0.978. The van der Waals surface area contributed by atoms with E-state index in [2.05, 4.69) is 9.55 Å². The molecule has 1 aromatic carbocycles. The summed E-state index contributed by atoms with van der Waals surface area (Å²) in [7, 11) is -1.91. The lowest BCUT2D eigenvalue weighted by Gasteiger charge is -2.17. The summed E-state index contributed by atoms with van der Waals surface area (Å²) in [5, 5.41) is 8.87. The molecule has 0 N–H and O–H groups in total. The lowest BCUT2D eigenvalue weighted by molar-refractivity contribution is 0.185. The summed E-state index contributed by atoms with van der Waals surface area (Å²) in [4.78, 5) is 4.73. The van der Waals surface area contributed by atoms with Gasteiger partial charge in [0.25, 0.3) is 0 Å². The molecule has 8 heteroatoms. The van der Waals surface area contributed by atoms with E-state index in [4.69, 9.17) is 10.00 Å². The van der Waals surface area contributed by atoms with Gasteiger partial charge in [0.05, 0.1) is 23.1 Å². The lowest BCUT2D eigenvalue weighted by Crippen LogP contribution is -2.29. The summed E-state index contributed by atoms with van der Waals surface area (Å²) in [5.41, 5.74) is 1.49. The van der Waals surface area contributed by atoms with Gasteiger partial charge >= 0.3 is 0 Å². The molecule has 1 aliphatic heterocycles. The predicted octanol–water partition coefficient (Wildman–Crippen LogP) is 1.89. The third kappa shape index (κ3) is 3.51. The van der Waals surface area contributed by atoms with Crippen molar-refractivity contribution in [3.63, 3.8) is 0 Å². The number of sulfonamides is 1. The maximum atomic E-state index is 12.9. The Morgan fingerprint density at radius 2 is 2.08 bits per heavy atom. The highest BCUT2D eigenvalue weighted by Gasteiger charge is 2.35. The number of aryl methyl sites for hydroxylation is 1. The van der Waals surface area contributed by atoms with E-state index in [1.807, 2.05) is 19.2 Å². The van der Waals surface area contributed by atoms with E-state index in [9.17, 15) is 8.42 Å². The van der Waals surface area contributed by atoms with Crippen LogP contribution in [0.15, 0.2) is 35.4 Å². The highest BCUT2D eigenvalue weighted by Crippen LogP contribution is 2.31. The van der Waals surface area contributed by atoms with Crippen LogP contribution >= 0.6 is 0 Å². The first-order chi connectivity index (χ1) is 12.5. The van der Waals surface area contributed by atoms with Crippen molar-refractivity contribution in [3.05, 3.63) is 47.5 Å². The maximum Gasteiger partial charge on any atom is 0.243 e. The number of imidazole rings is 1. The Balaban J connectivity index is 1.79. The molecule has 0 bridgehead atoms. The van der Waals surface area contributed by atoms with E-state index in [-0.39, 0.29) is 10.8 Å². The van der Waals surface area contributed by atoms with E-state index in [1.54, 1.807) is 7.11 Å². The second-order valence-corrected chi connectivity index (χ2v) is 8.32. The first-order valence-corrected chi connectivity index (χ1v) is 9.92. The van der Waals surface area contributed by atoms with Gasteiger partial charge in [0.2, 0.25) is 10.0 Å². The Hall–Kier alpha value is -2.21. The molecule has 0 aliphatic carbocycles. The van der Waals surface area contributed by atoms with Crippen LogP contribution in [-0.2, 0) is 21.3 Å². The smallest absolute Gasteiger partial charge is 0.243 e. The molecule has 0 radical (unpaired) electrons. The van der Waals surface area contributed by atoms with Crippen molar-refractivity contribution in [2.75, 3.05) is 26.8 Å². The van der Waals surface area contributed by atoms with Crippen LogP contribution in [0.4, 0.5) is 0 Å². The Bertz CT molecular complexity index is 913. The zero-order valence-corrected chi connectivity index (χ0v) is 15.7. The summed E-state index contributed by atoms with van der Waals surface area (Å²) < 4.78 is 34.5. The summed E-state index contributed by atoms with van der Waals surface area (Å²) in [6, 6.07) is 8.04. The monoisotopic (exact) mass is 374 g/mol. The average Bonchev–Trinajstić information content (AvgIpc) is 3.27. The number of nitrogens with zero attached hydrogens (tertiary/aromatic N) is 4. The number of benzene rings is 1. The number of methoxy groups -OCH3 is 1. The molecule has 0 spiro atoms. The predicted molar refractivity (Wildman–Crippen MR) is 96.1 cm³/mol. The minimum atomic E-state index is -3.57. The second-order valence-electron chi connectivity index (χ2n) is 6.39. The van der Waals surface area contributed by atoms with Crippen LogP contribution in [0.2, 0.25) is 0 Å². The van der Waals surface area contributed by atoms with Crippen molar-refractivity contribution in [3.8, 4) is 6.07 Å². The van der Waals surface area contributed by atoms with Crippen molar-refractivity contribution in [1.29, 1.82) is 5.26 Å².